The predicted octanol–water partition coefficient (Wildman–Crippen LogP) is 3.93. The number of benzene rings is 1. The van der Waals surface area contributed by atoms with Crippen LogP contribution in [0, 0.1) is 5.82 Å². The molecule has 0 bridgehead atoms. The minimum Gasteiger partial charge on any atom is -0.354 e. The first-order valence-corrected chi connectivity index (χ1v) is 6.90. The molecule has 3 aromatic rings. The number of nitrogens with one attached hydrogen (secondary N) is 1. The average molecular weight is 273 g/mol. The minimum atomic E-state index is -0.400. The maximum Gasteiger partial charge on any atom is 0.223 e. The molecule has 0 saturated heterocycles. The molecule has 3 nitrogen and oxygen atoms in total. The Kier molecular flexibility index (Phi) is 3.13. The maximum absolute atomic E-state index is 14.0. The predicted molar refractivity (Wildman–Crippen MR) is 77.0 cm³/mol. The number of halogens is 1. The highest BCUT2D eigenvalue weighted by atomic mass is 32.1. The van der Waals surface area contributed by atoms with Gasteiger partial charge in [-0.1, -0.05) is 18.2 Å². The highest BCUT2D eigenvalue weighted by Crippen LogP contribution is 2.32. The van der Waals surface area contributed by atoms with Gasteiger partial charge in [0.1, 0.15) is 5.69 Å². The zero-order valence-electron chi connectivity index (χ0n) is 10.4. The molecule has 0 radical (unpaired) electrons. The third kappa shape index (κ3) is 2.17. The molecule has 96 valence electrons. The summed E-state index contributed by atoms with van der Waals surface area (Å²) in [5.41, 5.74) is 1.16. The molecule has 0 aliphatic rings. The van der Waals surface area contributed by atoms with Crippen molar-refractivity contribution in [3.05, 3.63) is 41.7 Å². The van der Waals surface area contributed by atoms with Crippen LogP contribution in [0.4, 0.5) is 10.3 Å². The highest BCUT2D eigenvalue weighted by molar-refractivity contribution is 7.17. The molecule has 0 aliphatic heterocycles. The molecular weight excluding hydrogens is 261 g/mol. The van der Waals surface area contributed by atoms with Crippen LogP contribution in [0.1, 0.15) is 6.92 Å². The Morgan fingerprint density at radius 3 is 3.05 bits per heavy atom. The Balaban J connectivity index is 2.20. The molecule has 1 aromatic carbocycles. The summed E-state index contributed by atoms with van der Waals surface area (Å²) in [4.78, 5) is 8.20. The van der Waals surface area contributed by atoms with Gasteiger partial charge in [-0.05, 0) is 23.8 Å². The molecule has 1 N–H and O–H groups in total. The van der Waals surface area contributed by atoms with Crippen LogP contribution in [0.2, 0.25) is 0 Å². The topological polar surface area (TPSA) is 37.8 Å². The van der Waals surface area contributed by atoms with Crippen molar-refractivity contribution in [2.75, 3.05) is 11.9 Å². The third-order valence-corrected chi connectivity index (χ3v) is 3.78. The van der Waals surface area contributed by atoms with Crippen LogP contribution < -0.4 is 5.32 Å². The van der Waals surface area contributed by atoms with Gasteiger partial charge in [0.2, 0.25) is 5.95 Å². The van der Waals surface area contributed by atoms with E-state index in [-0.39, 0.29) is 0 Å². The summed E-state index contributed by atoms with van der Waals surface area (Å²) in [6.45, 7) is 2.65. The lowest BCUT2D eigenvalue weighted by molar-refractivity contribution is 0.619. The molecule has 19 heavy (non-hydrogen) atoms. The van der Waals surface area contributed by atoms with Crippen LogP contribution in [-0.4, -0.2) is 16.5 Å². The molecule has 0 spiro atoms. The Hall–Kier alpha value is -2.01. The molecule has 0 fully saturated rings. The summed E-state index contributed by atoms with van der Waals surface area (Å²) in [7, 11) is 0. The largest absolute Gasteiger partial charge is 0.354 e. The van der Waals surface area contributed by atoms with E-state index in [1.54, 1.807) is 11.3 Å². The van der Waals surface area contributed by atoms with Gasteiger partial charge in [-0.25, -0.2) is 14.4 Å². The van der Waals surface area contributed by atoms with Gasteiger partial charge in [0.15, 0.2) is 5.82 Å². The van der Waals surface area contributed by atoms with Gasteiger partial charge in [0, 0.05) is 16.8 Å². The molecule has 0 unspecified atom stereocenters. The first-order valence-electron chi connectivity index (χ1n) is 6.02. The van der Waals surface area contributed by atoms with E-state index in [1.165, 1.54) is 6.20 Å². The molecule has 0 saturated carbocycles. The van der Waals surface area contributed by atoms with Crippen LogP contribution in [0.25, 0.3) is 21.3 Å². The molecule has 3 rings (SSSR count). The van der Waals surface area contributed by atoms with Gasteiger partial charge in [0.25, 0.3) is 0 Å². The van der Waals surface area contributed by atoms with E-state index in [1.807, 2.05) is 36.6 Å². The molecule has 0 aliphatic carbocycles. The Morgan fingerprint density at radius 2 is 2.21 bits per heavy atom. The summed E-state index contributed by atoms with van der Waals surface area (Å²) in [6.07, 6.45) is 1.22. The van der Waals surface area contributed by atoms with Gasteiger partial charge in [0.05, 0.1) is 6.20 Å². The lowest BCUT2D eigenvalue weighted by Gasteiger charge is -2.07. The average Bonchev–Trinajstić information content (AvgIpc) is 2.89. The van der Waals surface area contributed by atoms with Crippen LogP contribution in [0.3, 0.4) is 0 Å². The molecule has 2 aromatic heterocycles. The summed E-state index contributed by atoms with van der Waals surface area (Å²) < 4.78 is 15.0. The highest BCUT2D eigenvalue weighted by Gasteiger charge is 2.12. The van der Waals surface area contributed by atoms with Crippen molar-refractivity contribution in [3.63, 3.8) is 0 Å². The summed E-state index contributed by atoms with van der Waals surface area (Å²) >= 11 is 1.59. The number of rotatable bonds is 3. The number of aromatic nitrogens is 2. The van der Waals surface area contributed by atoms with Crippen LogP contribution in [-0.2, 0) is 0 Å². The van der Waals surface area contributed by atoms with Crippen molar-refractivity contribution in [2.45, 2.75) is 6.92 Å². The van der Waals surface area contributed by atoms with Crippen molar-refractivity contribution in [2.24, 2.45) is 0 Å². The van der Waals surface area contributed by atoms with E-state index in [2.05, 4.69) is 15.3 Å². The van der Waals surface area contributed by atoms with Crippen molar-refractivity contribution >= 4 is 27.4 Å². The van der Waals surface area contributed by atoms with E-state index >= 15 is 0 Å². The minimum absolute atomic E-state index is 0.346. The van der Waals surface area contributed by atoms with Crippen molar-refractivity contribution in [1.82, 2.24) is 9.97 Å². The van der Waals surface area contributed by atoms with Crippen molar-refractivity contribution in [3.8, 4) is 11.3 Å². The summed E-state index contributed by atoms with van der Waals surface area (Å²) in [6, 6.07) is 7.84. The fourth-order valence-corrected chi connectivity index (χ4v) is 2.89. The zero-order valence-corrected chi connectivity index (χ0v) is 11.2. The zero-order chi connectivity index (χ0) is 13.2. The van der Waals surface area contributed by atoms with Crippen molar-refractivity contribution in [1.29, 1.82) is 0 Å². The van der Waals surface area contributed by atoms with Gasteiger partial charge < -0.3 is 5.32 Å². The molecule has 2 heterocycles. The van der Waals surface area contributed by atoms with Gasteiger partial charge >= 0.3 is 0 Å². The van der Waals surface area contributed by atoms with Crippen LogP contribution in [0.15, 0.2) is 35.8 Å². The Bertz CT molecular complexity index is 724. The Morgan fingerprint density at radius 1 is 1.32 bits per heavy atom. The Labute approximate surface area is 114 Å². The maximum atomic E-state index is 14.0. The van der Waals surface area contributed by atoms with Gasteiger partial charge in [-0.2, -0.15) is 0 Å². The monoisotopic (exact) mass is 273 g/mol. The lowest BCUT2D eigenvalue weighted by Crippen LogP contribution is -2.04. The molecule has 0 amide bonds. The number of anilines is 1. The standard InChI is InChI=1S/C14H12FN3S/c1-2-16-14-17-8-11(15)12(18-14)10-5-3-4-9-6-7-19-13(9)10/h3-8H,2H2,1H3,(H,16,17,18). The second-order valence-electron chi connectivity index (χ2n) is 4.07. The summed E-state index contributed by atoms with van der Waals surface area (Å²) in [5, 5.41) is 6.10. The van der Waals surface area contributed by atoms with Crippen LogP contribution >= 0.6 is 11.3 Å². The molecule has 5 heteroatoms. The number of fused-ring (bicyclic) bond motifs is 1. The third-order valence-electron chi connectivity index (χ3n) is 2.81. The van der Waals surface area contributed by atoms with Crippen LogP contribution in [0.5, 0.6) is 0 Å². The van der Waals surface area contributed by atoms with E-state index < -0.39 is 5.82 Å². The molecular formula is C14H12FN3S. The lowest BCUT2D eigenvalue weighted by atomic mass is 10.1. The second-order valence-corrected chi connectivity index (χ2v) is 4.98. The second kappa shape index (κ2) is 4.93. The quantitative estimate of drug-likeness (QED) is 0.785. The number of hydrogen-bond acceptors (Lipinski definition) is 4. The SMILES string of the molecule is CCNc1ncc(F)c(-c2cccc3ccsc23)n1. The number of nitrogens with zero attached hydrogens (tertiary/aromatic N) is 2. The van der Waals surface area contributed by atoms with Gasteiger partial charge in [-0.3, -0.25) is 0 Å². The van der Waals surface area contributed by atoms with E-state index in [4.69, 9.17) is 0 Å². The van der Waals surface area contributed by atoms with Gasteiger partial charge in [-0.15, -0.1) is 11.3 Å². The van der Waals surface area contributed by atoms with Crippen molar-refractivity contribution < 1.29 is 4.39 Å². The first kappa shape index (κ1) is 12.0. The molecule has 0 atom stereocenters. The smallest absolute Gasteiger partial charge is 0.223 e. The number of hydrogen-bond donors (Lipinski definition) is 1. The van der Waals surface area contributed by atoms with E-state index in [9.17, 15) is 4.39 Å². The fraction of sp³-hybridized carbons (Fsp3) is 0.143. The summed E-state index contributed by atoms with van der Waals surface area (Å²) in [5.74, 6) is 0.0509. The first-order chi connectivity index (χ1) is 9.29. The normalized spacial score (nSPS) is 10.8. The van der Waals surface area contributed by atoms with E-state index in [0.29, 0.717) is 18.2 Å². The fourth-order valence-electron chi connectivity index (χ4n) is 1.98. The number of thiophene rings is 1. The van der Waals surface area contributed by atoms with E-state index in [0.717, 1.165) is 15.6 Å².